The van der Waals surface area contributed by atoms with E-state index in [1.807, 2.05) is 24.3 Å². The van der Waals surface area contributed by atoms with Crippen LogP contribution >= 0.6 is 23.2 Å². The predicted molar refractivity (Wildman–Crippen MR) is 141 cm³/mol. The van der Waals surface area contributed by atoms with Gasteiger partial charge in [0.1, 0.15) is 11.6 Å². The molecule has 5 nitrogen and oxygen atoms in total. The number of hydrogen-bond acceptors (Lipinski definition) is 4. The molecule has 3 unspecified atom stereocenters. The molecule has 0 aliphatic heterocycles. The first-order valence-corrected chi connectivity index (χ1v) is 13.3. The number of rotatable bonds is 9. The molecule has 2 aromatic carbocycles. The number of benzene rings is 2. The summed E-state index contributed by atoms with van der Waals surface area (Å²) in [6, 6.07) is 10.4. The van der Waals surface area contributed by atoms with Gasteiger partial charge in [-0.1, -0.05) is 55.1 Å². The first-order chi connectivity index (χ1) is 17.2. The van der Waals surface area contributed by atoms with Crippen LogP contribution in [0.2, 0.25) is 10.0 Å². The molecule has 0 aromatic heterocycles. The van der Waals surface area contributed by atoms with Gasteiger partial charge in [0.2, 0.25) is 5.91 Å². The quantitative estimate of drug-likeness (QED) is 0.351. The van der Waals surface area contributed by atoms with Gasteiger partial charge in [-0.05, 0) is 66.8 Å². The largest absolute Gasteiger partial charge is 0.497 e. The lowest BCUT2D eigenvalue weighted by atomic mass is 9.55. The highest BCUT2D eigenvalue weighted by atomic mass is 35.5. The summed E-state index contributed by atoms with van der Waals surface area (Å²) in [6.45, 7) is 2.45. The monoisotopic (exact) mass is 536 g/mol. The number of nitrogens with two attached hydrogens (primary N) is 1. The van der Waals surface area contributed by atoms with Gasteiger partial charge >= 0.3 is 0 Å². The lowest BCUT2D eigenvalue weighted by Gasteiger charge is -2.48. The van der Waals surface area contributed by atoms with Crippen molar-refractivity contribution >= 4 is 29.1 Å². The number of ether oxygens (including phenoxy) is 1. The molecule has 196 valence electrons. The van der Waals surface area contributed by atoms with Crippen LogP contribution in [0.15, 0.2) is 36.4 Å². The summed E-state index contributed by atoms with van der Waals surface area (Å²) in [6.07, 6.45) is 4.51. The molecule has 0 radical (unpaired) electrons. The zero-order valence-electron chi connectivity index (χ0n) is 20.8. The van der Waals surface area contributed by atoms with Crippen LogP contribution in [-0.4, -0.2) is 30.8 Å². The third kappa shape index (κ3) is 4.85. The fourth-order valence-electron chi connectivity index (χ4n) is 6.91. The summed E-state index contributed by atoms with van der Waals surface area (Å²) in [7, 11) is 1.63. The summed E-state index contributed by atoms with van der Waals surface area (Å²) in [4.78, 5) is 13.5. The molecule has 2 aliphatic carbocycles. The van der Waals surface area contributed by atoms with Crippen molar-refractivity contribution in [3.8, 4) is 5.75 Å². The second-order valence-corrected chi connectivity index (χ2v) is 11.5. The van der Waals surface area contributed by atoms with E-state index in [0.717, 1.165) is 37.0 Å². The van der Waals surface area contributed by atoms with Crippen LogP contribution in [0.1, 0.15) is 62.5 Å². The third-order valence-corrected chi connectivity index (χ3v) is 9.46. The maximum Gasteiger partial charge on any atom is 0.224 e. The number of primary amides is 1. The number of carbonyl (C=O) groups excluding carboxylic acids is 1. The number of aliphatic hydroxyl groups excluding tert-OH is 1. The van der Waals surface area contributed by atoms with Gasteiger partial charge in [-0.2, -0.15) is 0 Å². The minimum atomic E-state index is -1.18. The van der Waals surface area contributed by atoms with Crippen LogP contribution in [0.3, 0.4) is 0 Å². The molecule has 0 saturated heterocycles. The lowest BCUT2D eigenvalue weighted by molar-refractivity contribution is -0.135. The topological polar surface area (TPSA) is 84.6 Å². The van der Waals surface area contributed by atoms with Crippen molar-refractivity contribution in [3.05, 3.63) is 63.4 Å². The second kappa shape index (κ2) is 10.9. The normalized spacial score (nSPS) is 26.2. The first kappa shape index (κ1) is 27.2. The number of aliphatic hydroxyl groups is 1. The van der Waals surface area contributed by atoms with Crippen molar-refractivity contribution in [2.24, 2.45) is 22.5 Å². The number of amides is 1. The molecule has 2 saturated carbocycles. The molecule has 1 amide bonds. The van der Waals surface area contributed by atoms with Crippen LogP contribution < -0.4 is 15.8 Å². The Balaban J connectivity index is 1.74. The van der Waals surface area contributed by atoms with E-state index in [-0.39, 0.29) is 28.3 Å². The molecule has 4 atom stereocenters. The third-order valence-electron chi connectivity index (χ3n) is 8.64. The zero-order valence-corrected chi connectivity index (χ0v) is 22.3. The minimum absolute atomic E-state index is 0.0923. The van der Waals surface area contributed by atoms with Gasteiger partial charge in [-0.25, -0.2) is 4.39 Å². The Bertz CT molecular complexity index is 1090. The van der Waals surface area contributed by atoms with E-state index in [0.29, 0.717) is 19.4 Å². The van der Waals surface area contributed by atoms with E-state index in [4.69, 9.17) is 33.7 Å². The van der Waals surface area contributed by atoms with Crippen LogP contribution in [-0.2, 0) is 11.3 Å². The molecule has 4 N–H and O–H groups in total. The summed E-state index contributed by atoms with van der Waals surface area (Å²) in [5, 5.41) is 14.4. The average molecular weight is 538 g/mol. The van der Waals surface area contributed by atoms with E-state index < -0.39 is 34.4 Å². The number of hydrogen-bond donors (Lipinski definition) is 3. The number of methoxy groups -OCH3 is 1. The van der Waals surface area contributed by atoms with Crippen molar-refractivity contribution in [2.75, 3.05) is 13.7 Å². The summed E-state index contributed by atoms with van der Waals surface area (Å²) < 4.78 is 20.8. The molecule has 2 fully saturated rings. The second-order valence-electron chi connectivity index (χ2n) is 10.7. The highest BCUT2D eigenvalue weighted by molar-refractivity contribution is 6.42. The highest BCUT2D eigenvalue weighted by Crippen LogP contribution is 2.64. The van der Waals surface area contributed by atoms with Gasteiger partial charge in [-0.3, -0.25) is 4.79 Å². The fraction of sp³-hybridized carbons (Fsp3) is 0.536. The van der Waals surface area contributed by atoms with Gasteiger partial charge in [0, 0.05) is 30.7 Å². The highest BCUT2D eigenvalue weighted by Gasteiger charge is 2.62. The van der Waals surface area contributed by atoms with E-state index in [1.165, 1.54) is 12.1 Å². The Kier molecular flexibility index (Phi) is 8.20. The Labute approximate surface area is 222 Å². The molecule has 2 aliphatic rings. The Morgan fingerprint density at radius 1 is 1.22 bits per heavy atom. The standard InChI is InChI=1S/C28H35Cl2FN2O3/c1-27(11-3-4-12-27)25(23-22(31)10-9-21(29)24(23)30)28(26(32)35)14-19(13-18(28)16-34)33-15-17-5-7-20(36-2)8-6-17/h5-10,18-19,25,33-34H,3-4,11-16H2,1-2H3,(H2,32,35)/t18?,19?,25-,28?/m0/s1. The number of halogens is 3. The maximum atomic E-state index is 15.6. The molecule has 0 bridgehead atoms. The Morgan fingerprint density at radius 2 is 1.89 bits per heavy atom. The maximum absolute atomic E-state index is 15.6. The molecule has 8 heteroatoms. The van der Waals surface area contributed by atoms with Crippen LogP contribution in [0.4, 0.5) is 4.39 Å². The first-order valence-electron chi connectivity index (χ1n) is 12.6. The van der Waals surface area contributed by atoms with E-state index in [9.17, 15) is 9.90 Å². The molecule has 36 heavy (non-hydrogen) atoms. The van der Waals surface area contributed by atoms with Crippen LogP contribution in [0.25, 0.3) is 0 Å². The molecule has 4 rings (SSSR count). The molecule has 2 aromatic rings. The van der Waals surface area contributed by atoms with E-state index in [2.05, 4.69) is 12.2 Å². The Morgan fingerprint density at radius 3 is 2.47 bits per heavy atom. The van der Waals surface area contributed by atoms with Gasteiger partial charge in [0.15, 0.2) is 0 Å². The molecular weight excluding hydrogens is 502 g/mol. The SMILES string of the molecule is COc1ccc(CNC2CC(CO)C(C(N)=O)([C@@H](c3c(F)ccc(Cl)c3Cl)C3(C)CCCC3)C2)cc1. The van der Waals surface area contributed by atoms with Gasteiger partial charge in [-0.15, -0.1) is 0 Å². The minimum Gasteiger partial charge on any atom is -0.497 e. The zero-order chi connectivity index (χ0) is 26.1. The van der Waals surface area contributed by atoms with Crippen molar-refractivity contribution in [1.29, 1.82) is 0 Å². The lowest BCUT2D eigenvalue weighted by Crippen LogP contribution is -2.51. The predicted octanol–water partition coefficient (Wildman–Crippen LogP) is 5.84. The van der Waals surface area contributed by atoms with Crippen molar-refractivity contribution in [2.45, 2.75) is 64.0 Å². The Hall–Kier alpha value is -1.86. The van der Waals surface area contributed by atoms with Crippen LogP contribution in [0, 0.1) is 22.6 Å². The van der Waals surface area contributed by atoms with Crippen molar-refractivity contribution in [1.82, 2.24) is 5.32 Å². The number of nitrogens with one attached hydrogen (secondary N) is 1. The smallest absolute Gasteiger partial charge is 0.224 e. The van der Waals surface area contributed by atoms with Crippen molar-refractivity contribution < 1.29 is 19.0 Å². The molecule has 0 heterocycles. The van der Waals surface area contributed by atoms with Gasteiger partial charge < -0.3 is 20.9 Å². The summed E-state index contributed by atoms with van der Waals surface area (Å²) in [5.74, 6) is -1.29. The fourth-order valence-corrected chi connectivity index (χ4v) is 7.34. The van der Waals surface area contributed by atoms with E-state index >= 15 is 4.39 Å². The van der Waals surface area contributed by atoms with E-state index in [1.54, 1.807) is 7.11 Å². The van der Waals surface area contributed by atoms with Crippen LogP contribution in [0.5, 0.6) is 5.75 Å². The van der Waals surface area contributed by atoms with Crippen molar-refractivity contribution in [3.63, 3.8) is 0 Å². The number of carbonyl (C=O) groups is 1. The molecular formula is C28H35Cl2FN2O3. The molecule has 0 spiro atoms. The van der Waals surface area contributed by atoms with Gasteiger partial charge in [0.25, 0.3) is 0 Å². The summed E-state index contributed by atoms with van der Waals surface area (Å²) in [5.41, 5.74) is 5.94. The average Bonchev–Trinajstić information content (AvgIpc) is 3.47. The van der Waals surface area contributed by atoms with Gasteiger partial charge in [0.05, 0.1) is 22.6 Å². The summed E-state index contributed by atoms with van der Waals surface area (Å²) >= 11 is 13.0.